The molecule has 0 spiro atoms. The van der Waals surface area contributed by atoms with Gasteiger partial charge in [-0.25, -0.2) is 9.79 Å². The number of esters is 2. The number of carbonyl (C=O) groups excluding carboxylic acids is 2. The zero-order valence-electron chi connectivity index (χ0n) is 15.9. The predicted octanol–water partition coefficient (Wildman–Crippen LogP) is 3.28. The van der Waals surface area contributed by atoms with E-state index in [0.717, 1.165) is 5.56 Å². The van der Waals surface area contributed by atoms with Crippen LogP contribution in [0.5, 0.6) is 17.2 Å². The molecule has 144 valence electrons. The second-order valence-corrected chi connectivity index (χ2v) is 6.05. The Morgan fingerprint density at radius 2 is 1.68 bits per heavy atom. The van der Waals surface area contributed by atoms with Gasteiger partial charge < -0.3 is 18.9 Å². The lowest BCUT2D eigenvalue weighted by Gasteiger charge is -2.13. The molecule has 0 radical (unpaired) electrons. The van der Waals surface area contributed by atoms with E-state index in [1.165, 1.54) is 21.1 Å². The van der Waals surface area contributed by atoms with Crippen molar-refractivity contribution in [1.82, 2.24) is 0 Å². The zero-order chi connectivity index (χ0) is 20.3. The Morgan fingerprint density at radius 3 is 2.21 bits per heavy atom. The highest BCUT2D eigenvalue weighted by atomic mass is 16.6. The molecule has 0 N–H and O–H groups in total. The van der Waals surface area contributed by atoms with Crippen molar-refractivity contribution in [3.8, 4) is 17.2 Å². The molecule has 0 amide bonds. The lowest BCUT2D eigenvalue weighted by Crippen LogP contribution is -2.05. The predicted molar refractivity (Wildman–Crippen MR) is 103 cm³/mol. The van der Waals surface area contributed by atoms with E-state index in [1.54, 1.807) is 18.2 Å². The van der Waals surface area contributed by atoms with Gasteiger partial charge in [0.1, 0.15) is 0 Å². The molecule has 2 aromatic rings. The third-order valence-electron chi connectivity index (χ3n) is 3.95. The fourth-order valence-electron chi connectivity index (χ4n) is 2.61. The van der Waals surface area contributed by atoms with Gasteiger partial charge in [0.2, 0.25) is 11.6 Å². The largest absolute Gasteiger partial charge is 0.493 e. The van der Waals surface area contributed by atoms with E-state index in [-0.39, 0.29) is 28.8 Å². The molecule has 1 aliphatic rings. The van der Waals surface area contributed by atoms with Gasteiger partial charge in [-0.1, -0.05) is 17.7 Å². The minimum Gasteiger partial charge on any atom is -0.493 e. The maximum Gasteiger partial charge on any atom is 0.363 e. The van der Waals surface area contributed by atoms with E-state index in [4.69, 9.17) is 18.9 Å². The van der Waals surface area contributed by atoms with E-state index in [2.05, 4.69) is 4.99 Å². The third-order valence-corrected chi connectivity index (χ3v) is 3.95. The maximum atomic E-state index is 12.2. The van der Waals surface area contributed by atoms with Crippen LogP contribution in [0.4, 0.5) is 0 Å². The van der Waals surface area contributed by atoms with Gasteiger partial charge in [-0.15, -0.1) is 0 Å². The van der Waals surface area contributed by atoms with Crippen molar-refractivity contribution >= 4 is 23.9 Å². The Kier molecular flexibility index (Phi) is 5.44. The summed E-state index contributed by atoms with van der Waals surface area (Å²) in [7, 11) is 2.88. The summed E-state index contributed by atoms with van der Waals surface area (Å²) in [4.78, 5) is 27.8. The summed E-state index contributed by atoms with van der Waals surface area (Å²) in [5.41, 5.74) is 2.52. The zero-order valence-corrected chi connectivity index (χ0v) is 15.9. The van der Waals surface area contributed by atoms with Crippen molar-refractivity contribution < 1.29 is 28.5 Å². The lowest BCUT2D eigenvalue weighted by atomic mass is 10.1. The first-order chi connectivity index (χ1) is 13.4. The fraction of sp³-hybridized carbons (Fsp3) is 0.190. The van der Waals surface area contributed by atoms with Crippen molar-refractivity contribution in [1.29, 1.82) is 0 Å². The van der Waals surface area contributed by atoms with Crippen LogP contribution in [0.1, 0.15) is 23.6 Å². The molecule has 0 saturated carbocycles. The van der Waals surface area contributed by atoms with E-state index >= 15 is 0 Å². The Morgan fingerprint density at radius 1 is 1.07 bits per heavy atom. The van der Waals surface area contributed by atoms with Crippen LogP contribution in [-0.4, -0.2) is 32.1 Å². The first-order valence-corrected chi connectivity index (χ1v) is 8.45. The van der Waals surface area contributed by atoms with Crippen molar-refractivity contribution in [3.05, 3.63) is 58.8 Å². The third kappa shape index (κ3) is 4.03. The van der Waals surface area contributed by atoms with Crippen molar-refractivity contribution in [3.63, 3.8) is 0 Å². The van der Waals surface area contributed by atoms with Gasteiger partial charge in [-0.05, 0) is 42.8 Å². The minimum atomic E-state index is -0.558. The SMILES string of the molecule is COc1cc(C=C2N=C(c3ccc(C)cc3)OC2=O)cc(OC)c1OC(C)=O. The van der Waals surface area contributed by atoms with Gasteiger partial charge in [0, 0.05) is 12.5 Å². The number of methoxy groups -OCH3 is 2. The summed E-state index contributed by atoms with van der Waals surface area (Å²) in [6.07, 6.45) is 1.55. The van der Waals surface area contributed by atoms with E-state index in [0.29, 0.717) is 11.1 Å². The van der Waals surface area contributed by atoms with Gasteiger partial charge in [0.25, 0.3) is 0 Å². The van der Waals surface area contributed by atoms with Crippen LogP contribution in [-0.2, 0) is 14.3 Å². The molecule has 3 rings (SSSR count). The van der Waals surface area contributed by atoms with Gasteiger partial charge in [0.05, 0.1) is 14.2 Å². The Balaban J connectivity index is 1.99. The molecule has 28 heavy (non-hydrogen) atoms. The molecule has 0 unspecified atom stereocenters. The van der Waals surface area contributed by atoms with Crippen LogP contribution in [0.25, 0.3) is 6.08 Å². The van der Waals surface area contributed by atoms with Crippen LogP contribution >= 0.6 is 0 Å². The quantitative estimate of drug-likeness (QED) is 0.449. The van der Waals surface area contributed by atoms with E-state index in [1.807, 2.05) is 31.2 Å². The summed E-state index contributed by atoms with van der Waals surface area (Å²) in [5, 5.41) is 0. The van der Waals surface area contributed by atoms with Gasteiger partial charge in [0.15, 0.2) is 17.2 Å². The number of aryl methyl sites for hydroxylation is 1. The molecule has 7 heteroatoms. The Labute approximate surface area is 162 Å². The lowest BCUT2D eigenvalue weighted by molar-refractivity contribution is -0.132. The van der Waals surface area contributed by atoms with Crippen LogP contribution < -0.4 is 14.2 Å². The van der Waals surface area contributed by atoms with Crippen molar-refractivity contribution in [2.45, 2.75) is 13.8 Å². The molecule has 0 aromatic heterocycles. The highest BCUT2D eigenvalue weighted by Gasteiger charge is 2.25. The first kappa shape index (κ1) is 19.2. The van der Waals surface area contributed by atoms with Gasteiger partial charge in [-0.2, -0.15) is 0 Å². The van der Waals surface area contributed by atoms with Crippen LogP contribution in [0.2, 0.25) is 0 Å². The van der Waals surface area contributed by atoms with Crippen molar-refractivity contribution in [2.75, 3.05) is 14.2 Å². The highest BCUT2D eigenvalue weighted by molar-refractivity contribution is 6.12. The minimum absolute atomic E-state index is 0.139. The summed E-state index contributed by atoms with van der Waals surface area (Å²) in [6.45, 7) is 3.25. The molecule has 1 aliphatic heterocycles. The van der Waals surface area contributed by atoms with E-state index in [9.17, 15) is 9.59 Å². The van der Waals surface area contributed by atoms with Crippen LogP contribution in [0.15, 0.2) is 47.1 Å². The monoisotopic (exact) mass is 381 g/mol. The first-order valence-electron chi connectivity index (χ1n) is 8.45. The van der Waals surface area contributed by atoms with E-state index < -0.39 is 11.9 Å². The standard InChI is InChI=1S/C21H19NO6/c1-12-5-7-15(8-6-12)20-22-16(21(24)28-20)9-14-10-17(25-3)19(27-13(2)23)18(11-14)26-4/h5-11H,1-4H3. The molecular formula is C21H19NO6. The smallest absolute Gasteiger partial charge is 0.363 e. The molecule has 0 aliphatic carbocycles. The average molecular weight is 381 g/mol. The number of nitrogens with zero attached hydrogens (tertiary/aromatic N) is 1. The molecule has 0 saturated heterocycles. The Hall–Kier alpha value is -3.61. The number of cyclic esters (lactones) is 1. The summed E-state index contributed by atoms with van der Waals surface area (Å²) >= 11 is 0. The average Bonchev–Trinajstić information content (AvgIpc) is 3.03. The maximum absolute atomic E-state index is 12.2. The molecular weight excluding hydrogens is 362 g/mol. The second kappa shape index (κ2) is 7.96. The van der Waals surface area contributed by atoms with Crippen LogP contribution in [0, 0.1) is 6.92 Å². The number of rotatable bonds is 5. The number of benzene rings is 2. The summed E-state index contributed by atoms with van der Waals surface area (Å²) in [5.74, 6) is -0.0813. The number of aliphatic imine (C=N–C) groups is 1. The van der Waals surface area contributed by atoms with Gasteiger partial charge >= 0.3 is 11.9 Å². The number of carbonyl (C=O) groups is 2. The molecule has 0 atom stereocenters. The highest BCUT2D eigenvalue weighted by Crippen LogP contribution is 2.39. The molecule has 0 fully saturated rings. The second-order valence-electron chi connectivity index (χ2n) is 6.05. The normalized spacial score (nSPS) is 14.5. The van der Waals surface area contributed by atoms with Crippen molar-refractivity contribution in [2.24, 2.45) is 4.99 Å². The fourth-order valence-corrected chi connectivity index (χ4v) is 2.61. The molecule has 1 heterocycles. The summed E-state index contributed by atoms with van der Waals surface area (Å²) < 4.78 is 21.0. The summed E-state index contributed by atoms with van der Waals surface area (Å²) in [6, 6.07) is 10.7. The van der Waals surface area contributed by atoms with Gasteiger partial charge in [-0.3, -0.25) is 4.79 Å². The topological polar surface area (TPSA) is 83.4 Å². The molecule has 7 nitrogen and oxygen atoms in total. The van der Waals surface area contributed by atoms with Crippen LogP contribution in [0.3, 0.4) is 0 Å². The molecule has 0 bridgehead atoms. The number of hydrogen-bond acceptors (Lipinski definition) is 7. The number of hydrogen-bond donors (Lipinski definition) is 0. The Bertz CT molecular complexity index is 963. The molecule has 2 aromatic carbocycles. The number of ether oxygens (including phenoxy) is 4.